The average Bonchev–Trinajstić information content (AvgIpc) is 2.78. The highest BCUT2D eigenvalue weighted by atomic mass is 16.2. The third-order valence-electron chi connectivity index (χ3n) is 6.09. The second-order valence-electron chi connectivity index (χ2n) is 9.45. The van der Waals surface area contributed by atoms with Crippen LogP contribution >= 0.6 is 0 Å². The minimum absolute atomic E-state index is 0.0202. The molecule has 3 aromatic rings. The number of aromatic nitrogens is 2. The summed E-state index contributed by atoms with van der Waals surface area (Å²) in [6.45, 7) is 11.3. The Balaban J connectivity index is 2.05. The first-order valence-corrected chi connectivity index (χ1v) is 11.6. The van der Waals surface area contributed by atoms with Gasteiger partial charge in [-0.05, 0) is 48.1 Å². The fourth-order valence-electron chi connectivity index (χ4n) is 4.08. The van der Waals surface area contributed by atoms with Gasteiger partial charge in [0.15, 0.2) is 0 Å². The largest absolute Gasteiger partial charge is 0.328 e. The van der Waals surface area contributed by atoms with E-state index in [0.717, 1.165) is 12.8 Å². The Hall–Kier alpha value is -2.95. The molecule has 1 atom stereocenters. The quantitative estimate of drug-likeness (QED) is 0.486. The van der Waals surface area contributed by atoms with Gasteiger partial charge >= 0.3 is 0 Å². The Morgan fingerprint density at radius 3 is 2.31 bits per heavy atom. The maximum Gasteiger partial charge on any atom is 0.261 e. The van der Waals surface area contributed by atoms with E-state index in [9.17, 15) is 9.59 Å². The third-order valence-corrected chi connectivity index (χ3v) is 6.09. The van der Waals surface area contributed by atoms with Crippen molar-refractivity contribution in [2.75, 3.05) is 6.54 Å². The number of amides is 1. The van der Waals surface area contributed by atoms with Gasteiger partial charge in [0.1, 0.15) is 5.82 Å². The van der Waals surface area contributed by atoms with Crippen molar-refractivity contribution in [3.8, 4) is 0 Å². The van der Waals surface area contributed by atoms with Crippen molar-refractivity contribution in [1.82, 2.24) is 14.5 Å². The summed E-state index contributed by atoms with van der Waals surface area (Å²) in [7, 11) is 1.75. The molecule has 5 nitrogen and oxygen atoms in total. The standard InChI is InChI=1S/C27H35N3O2/c1-7-9-18-30(25(31)19-14-16-20(17-15-19)27(3,4)5)23(8-2)24-28-22-13-11-10-12-21(22)26(32)29(24)6/h10-17,23H,7-9,18H2,1-6H3/t23-/m1/s1. The van der Waals surface area contributed by atoms with Crippen LogP contribution in [-0.2, 0) is 12.5 Å². The van der Waals surface area contributed by atoms with Gasteiger partial charge in [-0.1, -0.05) is 65.3 Å². The maximum absolute atomic E-state index is 13.7. The summed E-state index contributed by atoms with van der Waals surface area (Å²) in [6, 6.07) is 15.0. The van der Waals surface area contributed by atoms with E-state index in [1.807, 2.05) is 54.3 Å². The summed E-state index contributed by atoms with van der Waals surface area (Å²) >= 11 is 0. The van der Waals surface area contributed by atoms with Gasteiger partial charge in [0.25, 0.3) is 11.5 Å². The highest BCUT2D eigenvalue weighted by molar-refractivity contribution is 5.94. The van der Waals surface area contributed by atoms with E-state index >= 15 is 0 Å². The molecule has 32 heavy (non-hydrogen) atoms. The van der Waals surface area contributed by atoms with Crippen LogP contribution in [0.2, 0.25) is 0 Å². The lowest BCUT2D eigenvalue weighted by atomic mass is 9.86. The van der Waals surface area contributed by atoms with E-state index in [0.29, 0.717) is 35.3 Å². The van der Waals surface area contributed by atoms with Crippen LogP contribution in [-0.4, -0.2) is 26.9 Å². The highest BCUT2D eigenvalue weighted by Crippen LogP contribution is 2.27. The number of carbonyl (C=O) groups is 1. The zero-order valence-electron chi connectivity index (χ0n) is 20.2. The summed E-state index contributed by atoms with van der Waals surface area (Å²) in [5, 5.41) is 0.595. The molecule has 0 saturated carbocycles. The van der Waals surface area contributed by atoms with Gasteiger partial charge in [0.05, 0.1) is 16.9 Å². The van der Waals surface area contributed by atoms with E-state index < -0.39 is 0 Å². The van der Waals surface area contributed by atoms with Gasteiger partial charge < -0.3 is 4.90 Å². The first-order valence-electron chi connectivity index (χ1n) is 11.6. The molecule has 170 valence electrons. The average molecular weight is 434 g/mol. The lowest BCUT2D eigenvalue weighted by Gasteiger charge is -2.32. The lowest BCUT2D eigenvalue weighted by Crippen LogP contribution is -2.39. The van der Waals surface area contributed by atoms with Crippen molar-refractivity contribution in [3.63, 3.8) is 0 Å². The van der Waals surface area contributed by atoms with Crippen molar-refractivity contribution in [2.24, 2.45) is 7.05 Å². The number of rotatable bonds is 7. The van der Waals surface area contributed by atoms with Crippen LogP contribution in [0.5, 0.6) is 0 Å². The molecule has 5 heteroatoms. The predicted octanol–water partition coefficient (Wildman–Crippen LogP) is 5.62. The second kappa shape index (κ2) is 9.68. The first-order chi connectivity index (χ1) is 15.2. The minimum atomic E-state index is -0.279. The summed E-state index contributed by atoms with van der Waals surface area (Å²) in [5.41, 5.74) is 2.48. The van der Waals surface area contributed by atoms with Crippen LogP contribution in [0.4, 0.5) is 0 Å². The minimum Gasteiger partial charge on any atom is -0.328 e. The Bertz CT molecular complexity index is 1140. The zero-order chi connectivity index (χ0) is 23.5. The fraction of sp³-hybridized carbons (Fsp3) is 0.444. The Labute approximate surface area is 191 Å². The maximum atomic E-state index is 13.7. The van der Waals surface area contributed by atoms with Crippen molar-refractivity contribution in [1.29, 1.82) is 0 Å². The van der Waals surface area contributed by atoms with Crippen molar-refractivity contribution >= 4 is 16.8 Å². The van der Waals surface area contributed by atoms with Gasteiger partial charge in [0.2, 0.25) is 0 Å². The van der Waals surface area contributed by atoms with E-state index in [1.54, 1.807) is 17.7 Å². The molecule has 0 N–H and O–H groups in total. The molecule has 1 heterocycles. The van der Waals surface area contributed by atoms with Gasteiger partial charge in [0, 0.05) is 19.2 Å². The molecule has 0 unspecified atom stereocenters. The van der Waals surface area contributed by atoms with Crippen LogP contribution in [0.1, 0.15) is 81.7 Å². The Morgan fingerprint density at radius 2 is 1.72 bits per heavy atom. The van der Waals surface area contributed by atoms with Gasteiger partial charge in [-0.15, -0.1) is 0 Å². The molecular weight excluding hydrogens is 398 g/mol. The number of hydrogen-bond acceptors (Lipinski definition) is 3. The van der Waals surface area contributed by atoms with Crippen molar-refractivity contribution in [2.45, 2.75) is 65.3 Å². The normalized spacial score (nSPS) is 12.7. The summed E-state index contributed by atoms with van der Waals surface area (Å²) in [4.78, 5) is 33.4. The highest BCUT2D eigenvalue weighted by Gasteiger charge is 2.28. The van der Waals surface area contributed by atoms with Crippen molar-refractivity contribution < 1.29 is 4.79 Å². The molecule has 2 aromatic carbocycles. The molecule has 0 aliphatic rings. The number of unbranched alkanes of at least 4 members (excludes halogenated alkanes) is 1. The number of carbonyl (C=O) groups excluding carboxylic acids is 1. The number of hydrogen-bond donors (Lipinski definition) is 0. The molecule has 1 aromatic heterocycles. The van der Waals surface area contributed by atoms with Crippen LogP contribution in [0, 0.1) is 0 Å². The van der Waals surface area contributed by atoms with Crippen LogP contribution in [0.3, 0.4) is 0 Å². The number of nitrogens with zero attached hydrogens (tertiary/aromatic N) is 3. The third kappa shape index (κ3) is 4.77. The van der Waals surface area contributed by atoms with E-state index in [1.165, 1.54) is 5.56 Å². The molecule has 0 saturated heterocycles. The molecule has 0 radical (unpaired) electrons. The second-order valence-corrected chi connectivity index (χ2v) is 9.45. The van der Waals surface area contributed by atoms with E-state index in [4.69, 9.17) is 4.98 Å². The Morgan fingerprint density at radius 1 is 1.06 bits per heavy atom. The van der Waals surface area contributed by atoms with E-state index in [2.05, 4.69) is 27.7 Å². The molecule has 0 spiro atoms. The summed E-state index contributed by atoms with van der Waals surface area (Å²) < 4.78 is 1.60. The number of fused-ring (bicyclic) bond motifs is 1. The molecule has 0 bridgehead atoms. The monoisotopic (exact) mass is 433 g/mol. The van der Waals surface area contributed by atoms with Crippen LogP contribution in [0.25, 0.3) is 10.9 Å². The molecule has 1 amide bonds. The zero-order valence-corrected chi connectivity index (χ0v) is 20.2. The number of benzene rings is 2. The van der Waals surface area contributed by atoms with Crippen molar-refractivity contribution in [3.05, 3.63) is 75.8 Å². The molecule has 0 fully saturated rings. The van der Waals surface area contributed by atoms with E-state index in [-0.39, 0.29) is 22.9 Å². The van der Waals surface area contributed by atoms with Gasteiger partial charge in [-0.3, -0.25) is 14.2 Å². The molecule has 0 aliphatic carbocycles. The molecular formula is C27H35N3O2. The smallest absolute Gasteiger partial charge is 0.261 e. The first kappa shape index (κ1) is 23.7. The lowest BCUT2D eigenvalue weighted by molar-refractivity contribution is 0.0654. The number of para-hydroxylation sites is 1. The predicted molar refractivity (Wildman–Crippen MR) is 131 cm³/mol. The molecule has 0 aliphatic heterocycles. The van der Waals surface area contributed by atoms with Crippen LogP contribution in [0.15, 0.2) is 53.3 Å². The summed E-state index contributed by atoms with van der Waals surface area (Å²) in [6.07, 6.45) is 2.55. The topological polar surface area (TPSA) is 55.2 Å². The van der Waals surface area contributed by atoms with Gasteiger partial charge in [-0.2, -0.15) is 0 Å². The fourth-order valence-corrected chi connectivity index (χ4v) is 4.08. The summed E-state index contributed by atoms with van der Waals surface area (Å²) in [5.74, 6) is 0.611. The SMILES string of the molecule is CCCCN(C(=O)c1ccc(C(C)(C)C)cc1)[C@H](CC)c1nc2ccccc2c(=O)n1C. The van der Waals surface area contributed by atoms with Gasteiger partial charge in [-0.25, -0.2) is 4.98 Å². The molecule has 3 rings (SSSR count). The Kier molecular flexibility index (Phi) is 7.17. The van der Waals surface area contributed by atoms with Crippen LogP contribution < -0.4 is 5.56 Å².